The summed E-state index contributed by atoms with van der Waals surface area (Å²) >= 11 is 0. The smallest absolute Gasteiger partial charge is 0.254 e. The number of aryl methyl sites for hydroxylation is 1. The van der Waals surface area contributed by atoms with Crippen molar-refractivity contribution in [3.8, 4) is 0 Å². The van der Waals surface area contributed by atoms with Crippen LogP contribution in [0.2, 0.25) is 0 Å². The minimum absolute atomic E-state index is 0.196. The molecular formula is C11H17N5O. The molecule has 0 aliphatic heterocycles. The number of hydrogen-bond acceptors (Lipinski definition) is 5. The molecular weight excluding hydrogens is 218 g/mol. The van der Waals surface area contributed by atoms with Crippen LogP contribution < -0.4 is 4.90 Å². The molecule has 2 rings (SSSR count). The minimum Gasteiger partial charge on any atom is -0.396 e. The summed E-state index contributed by atoms with van der Waals surface area (Å²) in [5, 5.41) is 13.1. The van der Waals surface area contributed by atoms with Gasteiger partial charge >= 0.3 is 0 Å². The first-order valence-corrected chi connectivity index (χ1v) is 5.79. The molecule has 0 aliphatic rings. The highest BCUT2D eigenvalue weighted by atomic mass is 16.3. The Morgan fingerprint density at radius 1 is 1.47 bits per heavy atom. The van der Waals surface area contributed by atoms with Crippen LogP contribution in [0, 0.1) is 6.92 Å². The highest BCUT2D eigenvalue weighted by molar-refractivity contribution is 5.46. The molecule has 2 heterocycles. The zero-order chi connectivity index (χ0) is 12.3. The summed E-state index contributed by atoms with van der Waals surface area (Å²) in [4.78, 5) is 10.6. The van der Waals surface area contributed by atoms with Crippen LogP contribution in [-0.2, 0) is 0 Å². The van der Waals surface area contributed by atoms with Gasteiger partial charge in [0, 0.05) is 31.5 Å². The van der Waals surface area contributed by atoms with E-state index in [1.165, 1.54) is 6.33 Å². The highest BCUT2D eigenvalue weighted by Crippen LogP contribution is 2.15. The molecule has 92 valence electrons. The molecule has 0 aliphatic carbocycles. The summed E-state index contributed by atoms with van der Waals surface area (Å²) in [6.45, 7) is 5.87. The Kier molecular flexibility index (Phi) is 3.53. The van der Waals surface area contributed by atoms with Gasteiger partial charge in [-0.3, -0.25) is 0 Å². The van der Waals surface area contributed by atoms with E-state index in [0.29, 0.717) is 5.78 Å². The second-order valence-corrected chi connectivity index (χ2v) is 3.88. The number of aromatic nitrogens is 4. The molecule has 0 amide bonds. The summed E-state index contributed by atoms with van der Waals surface area (Å²) in [6.07, 6.45) is 2.25. The Labute approximate surface area is 99.9 Å². The molecule has 6 heteroatoms. The van der Waals surface area contributed by atoms with Crippen LogP contribution in [0.5, 0.6) is 0 Å². The van der Waals surface area contributed by atoms with Crippen molar-refractivity contribution in [1.29, 1.82) is 0 Å². The van der Waals surface area contributed by atoms with Crippen molar-refractivity contribution in [2.45, 2.75) is 20.3 Å². The van der Waals surface area contributed by atoms with Gasteiger partial charge in [-0.05, 0) is 20.3 Å². The predicted molar refractivity (Wildman–Crippen MR) is 65.1 cm³/mol. The average Bonchev–Trinajstić information content (AvgIpc) is 2.77. The third-order valence-corrected chi connectivity index (χ3v) is 2.65. The molecule has 0 fully saturated rings. The van der Waals surface area contributed by atoms with E-state index in [4.69, 9.17) is 5.11 Å². The molecule has 0 aromatic carbocycles. The average molecular weight is 235 g/mol. The van der Waals surface area contributed by atoms with Crippen molar-refractivity contribution in [2.24, 2.45) is 0 Å². The second kappa shape index (κ2) is 5.09. The Morgan fingerprint density at radius 3 is 3.00 bits per heavy atom. The maximum Gasteiger partial charge on any atom is 0.254 e. The van der Waals surface area contributed by atoms with Gasteiger partial charge in [0.15, 0.2) is 0 Å². The van der Waals surface area contributed by atoms with Gasteiger partial charge in [-0.2, -0.15) is 14.6 Å². The number of fused-ring (bicyclic) bond motifs is 1. The minimum atomic E-state index is 0.196. The van der Waals surface area contributed by atoms with Crippen molar-refractivity contribution in [3.05, 3.63) is 18.1 Å². The first kappa shape index (κ1) is 11.8. The van der Waals surface area contributed by atoms with Gasteiger partial charge in [0.05, 0.1) is 0 Å². The van der Waals surface area contributed by atoms with Gasteiger partial charge in [0.2, 0.25) is 0 Å². The van der Waals surface area contributed by atoms with E-state index in [1.54, 1.807) is 4.52 Å². The molecule has 2 aromatic heterocycles. The van der Waals surface area contributed by atoms with Gasteiger partial charge in [0.1, 0.15) is 12.1 Å². The van der Waals surface area contributed by atoms with Gasteiger partial charge in [-0.1, -0.05) is 0 Å². The van der Waals surface area contributed by atoms with Crippen LogP contribution in [0.25, 0.3) is 5.78 Å². The fourth-order valence-electron chi connectivity index (χ4n) is 1.83. The van der Waals surface area contributed by atoms with E-state index in [0.717, 1.165) is 31.0 Å². The molecule has 17 heavy (non-hydrogen) atoms. The van der Waals surface area contributed by atoms with E-state index in [1.807, 2.05) is 13.0 Å². The quantitative estimate of drug-likeness (QED) is 0.824. The summed E-state index contributed by atoms with van der Waals surface area (Å²) in [7, 11) is 0. The van der Waals surface area contributed by atoms with E-state index in [2.05, 4.69) is 26.9 Å². The molecule has 0 radical (unpaired) electrons. The molecule has 0 bridgehead atoms. The van der Waals surface area contributed by atoms with E-state index >= 15 is 0 Å². The summed E-state index contributed by atoms with van der Waals surface area (Å²) in [5.41, 5.74) is 0.919. The Balaban J connectivity index is 2.40. The summed E-state index contributed by atoms with van der Waals surface area (Å²) in [6, 6.07) is 1.99. The zero-order valence-electron chi connectivity index (χ0n) is 10.2. The lowest BCUT2D eigenvalue weighted by atomic mass is 10.3. The standard InChI is InChI=1S/C11H17N5O/c1-3-15(5-4-6-17)10-7-9(2)14-11-12-8-13-16(10)11/h7-8,17H,3-6H2,1-2H3. The SMILES string of the molecule is CCN(CCCO)c1cc(C)nc2ncnn12. The van der Waals surface area contributed by atoms with Gasteiger partial charge in [-0.25, -0.2) is 4.98 Å². The predicted octanol–water partition coefficient (Wildman–Crippen LogP) is 0.641. The molecule has 0 unspecified atom stereocenters. The molecule has 6 nitrogen and oxygen atoms in total. The molecule has 0 atom stereocenters. The molecule has 0 spiro atoms. The topological polar surface area (TPSA) is 66.5 Å². The van der Waals surface area contributed by atoms with E-state index in [-0.39, 0.29) is 6.61 Å². The lowest BCUT2D eigenvalue weighted by Crippen LogP contribution is -2.27. The van der Waals surface area contributed by atoms with Gasteiger partial charge < -0.3 is 10.0 Å². The molecule has 0 saturated heterocycles. The Hall–Kier alpha value is -1.69. The monoisotopic (exact) mass is 235 g/mol. The van der Waals surface area contributed by atoms with Crippen LogP contribution in [0.3, 0.4) is 0 Å². The van der Waals surface area contributed by atoms with Crippen LogP contribution in [0.4, 0.5) is 5.82 Å². The van der Waals surface area contributed by atoms with Crippen molar-refractivity contribution in [1.82, 2.24) is 19.6 Å². The van der Waals surface area contributed by atoms with Crippen LogP contribution in [-0.4, -0.2) is 44.4 Å². The van der Waals surface area contributed by atoms with Crippen molar-refractivity contribution < 1.29 is 5.11 Å². The van der Waals surface area contributed by atoms with Crippen molar-refractivity contribution in [3.63, 3.8) is 0 Å². The molecule has 0 saturated carbocycles. The van der Waals surface area contributed by atoms with E-state index < -0.39 is 0 Å². The normalized spacial score (nSPS) is 11.0. The first-order valence-electron chi connectivity index (χ1n) is 5.79. The fraction of sp³-hybridized carbons (Fsp3) is 0.545. The fourth-order valence-corrected chi connectivity index (χ4v) is 1.83. The van der Waals surface area contributed by atoms with Crippen LogP contribution in [0.1, 0.15) is 19.0 Å². The van der Waals surface area contributed by atoms with Gasteiger partial charge in [0.25, 0.3) is 5.78 Å². The highest BCUT2D eigenvalue weighted by Gasteiger charge is 2.11. The summed E-state index contributed by atoms with van der Waals surface area (Å²) in [5.74, 6) is 1.59. The lowest BCUT2D eigenvalue weighted by molar-refractivity contribution is 0.289. The number of aliphatic hydroxyl groups is 1. The maximum atomic E-state index is 8.91. The zero-order valence-corrected chi connectivity index (χ0v) is 10.2. The maximum absolute atomic E-state index is 8.91. The Bertz CT molecular complexity index is 496. The van der Waals surface area contributed by atoms with Gasteiger partial charge in [-0.15, -0.1) is 0 Å². The largest absolute Gasteiger partial charge is 0.396 e. The first-order chi connectivity index (χ1) is 8.26. The van der Waals surface area contributed by atoms with Crippen LogP contribution >= 0.6 is 0 Å². The molecule has 2 aromatic rings. The van der Waals surface area contributed by atoms with E-state index in [9.17, 15) is 0 Å². The molecule has 1 N–H and O–H groups in total. The number of nitrogens with zero attached hydrogens (tertiary/aromatic N) is 5. The number of rotatable bonds is 5. The van der Waals surface area contributed by atoms with Crippen LogP contribution in [0.15, 0.2) is 12.4 Å². The number of hydrogen-bond donors (Lipinski definition) is 1. The summed E-state index contributed by atoms with van der Waals surface area (Å²) < 4.78 is 1.73. The third kappa shape index (κ3) is 2.36. The van der Waals surface area contributed by atoms with Crippen molar-refractivity contribution in [2.75, 3.05) is 24.6 Å². The number of aliphatic hydroxyl groups excluding tert-OH is 1. The second-order valence-electron chi connectivity index (χ2n) is 3.88. The Morgan fingerprint density at radius 2 is 2.29 bits per heavy atom. The van der Waals surface area contributed by atoms with Crippen molar-refractivity contribution >= 4 is 11.6 Å². The third-order valence-electron chi connectivity index (χ3n) is 2.65. The number of anilines is 1. The lowest BCUT2D eigenvalue weighted by Gasteiger charge is -2.23.